The van der Waals surface area contributed by atoms with Gasteiger partial charge in [-0.1, -0.05) is 0 Å². The minimum Gasteiger partial charge on any atom is -0.480 e. The molecule has 0 spiro atoms. The smallest absolute Gasteiger partial charge is 0.326 e. The number of carbonyl (C=O) groups excluding carboxylic acids is 1. The van der Waals surface area contributed by atoms with Crippen LogP contribution in [0.4, 0.5) is 4.79 Å². The van der Waals surface area contributed by atoms with Crippen LogP contribution in [0.25, 0.3) is 0 Å². The number of piperidine rings is 1. The van der Waals surface area contributed by atoms with Gasteiger partial charge < -0.3 is 20.0 Å². The maximum absolute atomic E-state index is 12.2. The van der Waals surface area contributed by atoms with E-state index in [9.17, 15) is 14.7 Å². The van der Waals surface area contributed by atoms with E-state index < -0.39 is 17.6 Å². The van der Waals surface area contributed by atoms with Gasteiger partial charge in [-0.3, -0.25) is 0 Å². The Balaban J connectivity index is 1.97. The lowest BCUT2D eigenvalue weighted by Gasteiger charge is -2.38. The lowest BCUT2D eigenvalue weighted by Crippen LogP contribution is -2.52. The van der Waals surface area contributed by atoms with Crippen LogP contribution in [-0.4, -0.2) is 63.3 Å². The molecule has 18 heavy (non-hydrogen) atoms. The molecule has 102 valence electrons. The molecule has 1 atom stereocenters. The molecule has 2 rings (SSSR count). The fraction of sp³-hybridized carbons (Fsp3) is 0.833. The van der Waals surface area contributed by atoms with Crippen LogP contribution in [-0.2, 0) is 4.79 Å². The molecule has 2 amide bonds. The molecule has 0 aromatic heterocycles. The summed E-state index contributed by atoms with van der Waals surface area (Å²) >= 11 is 0. The predicted octanol–water partition coefficient (Wildman–Crippen LogP) is 0.502. The van der Waals surface area contributed by atoms with Crippen molar-refractivity contribution in [3.8, 4) is 0 Å². The molecule has 0 aromatic carbocycles. The van der Waals surface area contributed by atoms with Crippen molar-refractivity contribution in [2.75, 3.05) is 19.6 Å². The van der Waals surface area contributed by atoms with E-state index in [4.69, 9.17) is 5.11 Å². The number of carbonyl (C=O) groups is 2. The maximum Gasteiger partial charge on any atom is 0.326 e. The molecule has 0 bridgehead atoms. The monoisotopic (exact) mass is 256 g/mol. The van der Waals surface area contributed by atoms with E-state index in [0.717, 1.165) is 6.42 Å². The number of nitrogens with zero attached hydrogens (tertiary/aromatic N) is 2. The van der Waals surface area contributed by atoms with Gasteiger partial charge in [-0.25, -0.2) is 9.59 Å². The van der Waals surface area contributed by atoms with Gasteiger partial charge in [0.2, 0.25) is 0 Å². The second kappa shape index (κ2) is 4.76. The highest BCUT2D eigenvalue weighted by molar-refractivity contribution is 5.83. The standard InChI is InChI=1S/C12H20N2O4/c1-12(18)4-7-13(8-5-12)11(17)14-6-2-3-9(14)10(15)16/h9,18H,2-8H2,1H3,(H,15,16). The zero-order chi connectivity index (χ0) is 13.3. The SMILES string of the molecule is CC1(O)CCN(C(=O)N2CCCC2C(=O)O)CC1. The Hall–Kier alpha value is -1.30. The van der Waals surface area contributed by atoms with Crippen molar-refractivity contribution in [3.05, 3.63) is 0 Å². The topological polar surface area (TPSA) is 81.1 Å². The van der Waals surface area contributed by atoms with Crippen LogP contribution in [0.5, 0.6) is 0 Å². The van der Waals surface area contributed by atoms with E-state index in [2.05, 4.69) is 0 Å². The van der Waals surface area contributed by atoms with Gasteiger partial charge >= 0.3 is 12.0 Å². The van der Waals surface area contributed by atoms with Crippen LogP contribution in [0.3, 0.4) is 0 Å². The molecule has 0 saturated carbocycles. The third-order valence-corrected chi connectivity index (χ3v) is 3.89. The number of amides is 2. The Kier molecular flexibility index (Phi) is 3.47. The normalized spacial score (nSPS) is 27.3. The lowest BCUT2D eigenvalue weighted by atomic mass is 9.94. The van der Waals surface area contributed by atoms with Crippen molar-refractivity contribution in [1.29, 1.82) is 0 Å². The van der Waals surface area contributed by atoms with Crippen molar-refractivity contribution in [3.63, 3.8) is 0 Å². The van der Waals surface area contributed by atoms with E-state index in [0.29, 0.717) is 38.9 Å². The second-order valence-corrected chi connectivity index (χ2v) is 5.46. The summed E-state index contributed by atoms with van der Waals surface area (Å²) < 4.78 is 0. The summed E-state index contributed by atoms with van der Waals surface area (Å²) in [5.41, 5.74) is -0.700. The fourth-order valence-corrected chi connectivity index (χ4v) is 2.61. The molecule has 6 nitrogen and oxygen atoms in total. The lowest BCUT2D eigenvalue weighted by molar-refractivity contribution is -0.141. The van der Waals surface area contributed by atoms with Crippen molar-refractivity contribution in [1.82, 2.24) is 9.80 Å². The van der Waals surface area contributed by atoms with Crippen molar-refractivity contribution >= 4 is 12.0 Å². The first kappa shape index (κ1) is 13.1. The average Bonchev–Trinajstić information content (AvgIpc) is 2.77. The first-order valence-electron chi connectivity index (χ1n) is 6.41. The number of likely N-dealkylation sites (tertiary alicyclic amines) is 2. The number of hydrogen-bond acceptors (Lipinski definition) is 3. The highest BCUT2D eigenvalue weighted by Gasteiger charge is 2.38. The zero-order valence-electron chi connectivity index (χ0n) is 10.6. The Bertz CT molecular complexity index is 346. The summed E-state index contributed by atoms with van der Waals surface area (Å²) in [6.07, 6.45) is 2.37. The third-order valence-electron chi connectivity index (χ3n) is 3.89. The summed E-state index contributed by atoms with van der Waals surface area (Å²) in [5.74, 6) is -0.926. The molecule has 0 aliphatic carbocycles. The molecule has 2 saturated heterocycles. The van der Waals surface area contributed by atoms with Gasteiger partial charge in [0.25, 0.3) is 0 Å². The molecule has 6 heteroatoms. The quantitative estimate of drug-likeness (QED) is 0.716. The van der Waals surface area contributed by atoms with Crippen molar-refractivity contribution in [2.24, 2.45) is 0 Å². The van der Waals surface area contributed by atoms with E-state index >= 15 is 0 Å². The summed E-state index contributed by atoms with van der Waals surface area (Å²) in [5, 5.41) is 18.9. The van der Waals surface area contributed by atoms with Gasteiger partial charge in [0.1, 0.15) is 6.04 Å². The van der Waals surface area contributed by atoms with Gasteiger partial charge in [-0.15, -0.1) is 0 Å². The minimum atomic E-state index is -0.926. The van der Waals surface area contributed by atoms with Gasteiger partial charge in [0, 0.05) is 19.6 Å². The zero-order valence-corrected chi connectivity index (χ0v) is 10.6. The number of aliphatic hydroxyl groups is 1. The first-order chi connectivity index (χ1) is 8.41. The summed E-state index contributed by atoms with van der Waals surface area (Å²) in [6.45, 7) is 3.27. The second-order valence-electron chi connectivity index (χ2n) is 5.46. The summed E-state index contributed by atoms with van der Waals surface area (Å²) in [4.78, 5) is 26.4. The van der Waals surface area contributed by atoms with E-state index in [1.807, 2.05) is 0 Å². The van der Waals surface area contributed by atoms with E-state index in [1.54, 1.807) is 11.8 Å². The molecule has 2 N–H and O–H groups in total. The van der Waals surface area contributed by atoms with Gasteiger partial charge in [-0.2, -0.15) is 0 Å². The number of urea groups is 1. The molecular weight excluding hydrogens is 236 g/mol. The Morgan fingerprint density at radius 2 is 1.83 bits per heavy atom. The Labute approximate surface area is 106 Å². The van der Waals surface area contributed by atoms with Crippen LogP contribution in [0, 0.1) is 0 Å². The van der Waals surface area contributed by atoms with Crippen LogP contribution in [0.1, 0.15) is 32.6 Å². The molecule has 0 radical (unpaired) electrons. The Morgan fingerprint density at radius 1 is 1.22 bits per heavy atom. The molecule has 0 aromatic rings. The molecule has 2 fully saturated rings. The number of carboxylic acid groups (broad SMARTS) is 1. The fourth-order valence-electron chi connectivity index (χ4n) is 2.61. The molecule has 2 aliphatic heterocycles. The van der Waals surface area contributed by atoms with E-state index in [-0.39, 0.29) is 6.03 Å². The van der Waals surface area contributed by atoms with E-state index in [1.165, 1.54) is 4.90 Å². The van der Waals surface area contributed by atoms with Crippen molar-refractivity contribution < 1.29 is 19.8 Å². The third kappa shape index (κ3) is 2.58. The maximum atomic E-state index is 12.2. The van der Waals surface area contributed by atoms with Crippen LogP contribution in [0.2, 0.25) is 0 Å². The number of aliphatic carboxylic acids is 1. The molecular formula is C12H20N2O4. The number of rotatable bonds is 1. The molecule has 1 unspecified atom stereocenters. The largest absolute Gasteiger partial charge is 0.480 e. The Morgan fingerprint density at radius 3 is 2.39 bits per heavy atom. The van der Waals surface area contributed by atoms with Crippen LogP contribution in [0.15, 0.2) is 0 Å². The van der Waals surface area contributed by atoms with Crippen LogP contribution >= 0.6 is 0 Å². The highest BCUT2D eigenvalue weighted by Crippen LogP contribution is 2.25. The minimum absolute atomic E-state index is 0.199. The molecule has 2 heterocycles. The number of hydrogen-bond donors (Lipinski definition) is 2. The van der Waals surface area contributed by atoms with Gasteiger partial charge in [-0.05, 0) is 32.6 Å². The van der Waals surface area contributed by atoms with Gasteiger partial charge in [0.05, 0.1) is 5.60 Å². The molecule has 2 aliphatic rings. The summed E-state index contributed by atoms with van der Waals surface area (Å²) in [6, 6.07) is -0.879. The van der Waals surface area contributed by atoms with Crippen molar-refractivity contribution in [2.45, 2.75) is 44.2 Å². The summed E-state index contributed by atoms with van der Waals surface area (Å²) in [7, 11) is 0. The van der Waals surface area contributed by atoms with Gasteiger partial charge in [0.15, 0.2) is 0 Å². The highest BCUT2D eigenvalue weighted by atomic mass is 16.4. The van der Waals surface area contributed by atoms with Crippen LogP contribution < -0.4 is 0 Å². The number of carboxylic acids is 1. The average molecular weight is 256 g/mol. The predicted molar refractivity (Wildman–Crippen MR) is 64.2 cm³/mol. The first-order valence-corrected chi connectivity index (χ1v) is 6.41.